The van der Waals surface area contributed by atoms with Crippen LogP contribution in [0.4, 0.5) is 0 Å². The minimum atomic E-state index is -0.0440. The molecule has 0 fully saturated rings. The Labute approximate surface area is 71.1 Å². The molecule has 0 amide bonds. The number of ketones is 1. The number of nitrogens with zero attached hydrogens (tertiary/aromatic N) is 1. The van der Waals surface area contributed by atoms with Gasteiger partial charge in [-0.3, -0.25) is 9.78 Å². The molecule has 0 aliphatic heterocycles. The Morgan fingerprint density at radius 2 is 2.50 bits per heavy atom. The van der Waals surface area contributed by atoms with E-state index in [0.29, 0.717) is 5.56 Å². The number of carbonyl (C=O) groups excluding carboxylic acids is 1. The number of aromatic nitrogens is 1. The zero-order valence-corrected chi connectivity index (χ0v) is 6.82. The maximum Gasteiger partial charge on any atom is 0.188 e. The third-order valence-electron chi connectivity index (χ3n) is 1.35. The van der Waals surface area contributed by atoms with E-state index in [1.165, 1.54) is 6.08 Å². The highest BCUT2D eigenvalue weighted by atomic mass is 16.1. The minimum absolute atomic E-state index is 0.0440. The Kier molecular flexibility index (Phi) is 3.02. The highest BCUT2D eigenvalue weighted by Gasteiger charge is 1.98. The highest BCUT2D eigenvalue weighted by Crippen LogP contribution is 1.97. The average molecular weight is 162 g/mol. The quantitative estimate of drug-likeness (QED) is 0.532. The third kappa shape index (κ3) is 2.20. The Bertz CT molecular complexity index is 280. The van der Waals surface area contributed by atoms with Crippen LogP contribution in [0, 0.1) is 0 Å². The summed E-state index contributed by atoms with van der Waals surface area (Å²) in [4.78, 5) is 15.1. The molecule has 0 spiro atoms. The van der Waals surface area contributed by atoms with E-state index in [1.807, 2.05) is 0 Å². The first-order valence-corrected chi connectivity index (χ1v) is 3.63. The van der Waals surface area contributed by atoms with Crippen LogP contribution in [0.3, 0.4) is 0 Å². The van der Waals surface area contributed by atoms with Crippen molar-refractivity contribution in [2.24, 2.45) is 0 Å². The Hall–Kier alpha value is -1.64. The van der Waals surface area contributed by atoms with Gasteiger partial charge < -0.3 is 5.32 Å². The summed E-state index contributed by atoms with van der Waals surface area (Å²) < 4.78 is 0. The largest absolute Gasteiger partial charge is 0.394 e. The molecule has 0 saturated carbocycles. The first-order valence-electron chi connectivity index (χ1n) is 3.63. The molecular weight excluding hydrogens is 152 g/mol. The van der Waals surface area contributed by atoms with Crippen molar-refractivity contribution < 1.29 is 4.79 Å². The van der Waals surface area contributed by atoms with Crippen LogP contribution in [0.25, 0.3) is 0 Å². The second-order valence-electron chi connectivity index (χ2n) is 2.23. The van der Waals surface area contributed by atoms with E-state index in [4.69, 9.17) is 0 Å². The molecule has 3 nitrogen and oxygen atoms in total. The molecule has 0 saturated heterocycles. The van der Waals surface area contributed by atoms with Gasteiger partial charge >= 0.3 is 0 Å². The zero-order valence-electron chi connectivity index (χ0n) is 6.82. The average Bonchev–Trinajstić information content (AvgIpc) is 2.15. The molecule has 3 heteroatoms. The monoisotopic (exact) mass is 162 g/mol. The molecular formula is C9H10N2O. The van der Waals surface area contributed by atoms with Crippen molar-refractivity contribution in [1.29, 1.82) is 0 Å². The molecule has 0 radical (unpaired) electrons. The predicted octanol–water partition coefficient (Wildman–Crippen LogP) is 0.997. The van der Waals surface area contributed by atoms with Crippen molar-refractivity contribution in [3.63, 3.8) is 0 Å². The van der Waals surface area contributed by atoms with Gasteiger partial charge in [0.1, 0.15) is 0 Å². The van der Waals surface area contributed by atoms with Crippen LogP contribution < -0.4 is 5.32 Å². The summed E-state index contributed by atoms with van der Waals surface area (Å²) in [5.41, 5.74) is 0.601. The summed E-state index contributed by atoms with van der Waals surface area (Å²) >= 11 is 0. The van der Waals surface area contributed by atoms with E-state index in [2.05, 4.69) is 10.3 Å². The second kappa shape index (κ2) is 4.28. The van der Waals surface area contributed by atoms with Crippen molar-refractivity contribution in [2.45, 2.75) is 0 Å². The molecule has 0 unspecified atom stereocenters. The molecule has 0 aliphatic rings. The second-order valence-corrected chi connectivity index (χ2v) is 2.23. The molecule has 1 heterocycles. The lowest BCUT2D eigenvalue weighted by atomic mass is 10.2. The lowest BCUT2D eigenvalue weighted by Gasteiger charge is -1.92. The zero-order chi connectivity index (χ0) is 8.81. The number of rotatable bonds is 3. The van der Waals surface area contributed by atoms with Gasteiger partial charge in [-0.2, -0.15) is 0 Å². The van der Waals surface area contributed by atoms with Crippen molar-refractivity contribution in [2.75, 3.05) is 7.05 Å². The Morgan fingerprint density at radius 1 is 1.67 bits per heavy atom. The molecule has 1 N–H and O–H groups in total. The molecule has 0 aromatic carbocycles. The number of pyridine rings is 1. The van der Waals surface area contributed by atoms with Gasteiger partial charge in [-0.15, -0.1) is 0 Å². The predicted molar refractivity (Wildman–Crippen MR) is 46.8 cm³/mol. The van der Waals surface area contributed by atoms with Gasteiger partial charge in [0.05, 0.1) is 0 Å². The lowest BCUT2D eigenvalue weighted by molar-refractivity contribution is 0.104. The number of allylic oxidation sites excluding steroid dienone is 1. The molecule has 1 aromatic heterocycles. The van der Waals surface area contributed by atoms with E-state index in [0.717, 1.165) is 0 Å². The Morgan fingerprint density at radius 3 is 3.08 bits per heavy atom. The van der Waals surface area contributed by atoms with Crippen molar-refractivity contribution >= 4 is 5.78 Å². The standard InChI is InChI=1S/C9H10N2O/c1-10-6-4-9(12)8-3-2-5-11-7-8/h2-7,10H,1H3/b6-4+. The van der Waals surface area contributed by atoms with Crippen LogP contribution >= 0.6 is 0 Å². The molecule has 0 bridgehead atoms. The Balaban J connectivity index is 2.72. The minimum Gasteiger partial charge on any atom is -0.394 e. The lowest BCUT2D eigenvalue weighted by Crippen LogP contribution is -1.98. The van der Waals surface area contributed by atoms with Crippen LogP contribution in [0.15, 0.2) is 36.8 Å². The van der Waals surface area contributed by atoms with Gasteiger partial charge in [-0.05, 0) is 12.1 Å². The maximum absolute atomic E-state index is 11.2. The maximum atomic E-state index is 11.2. The van der Waals surface area contributed by atoms with E-state index in [-0.39, 0.29) is 5.78 Å². The molecule has 0 atom stereocenters. The topological polar surface area (TPSA) is 42.0 Å². The number of hydrogen-bond acceptors (Lipinski definition) is 3. The van der Waals surface area contributed by atoms with Gasteiger partial charge in [0, 0.05) is 37.3 Å². The van der Waals surface area contributed by atoms with Gasteiger partial charge in [0.15, 0.2) is 5.78 Å². The summed E-state index contributed by atoms with van der Waals surface area (Å²) in [7, 11) is 1.74. The smallest absolute Gasteiger partial charge is 0.188 e. The molecule has 0 aliphatic carbocycles. The van der Waals surface area contributed by atoms with Crippen LogP contribution in [-0.2, 0) is 0 Å². The summed E-state index contributed by atoms with van der Waals surface area (Å²) in [6.45, 7) is 0. The fourth-order valence-electron chi connectivity index (χ4n) is 0.764. The van der Waals surface area contributed by atoms with E-state index < -0.39 is 0 Å². The molecule has 1 rings (SSSR count). The van der Waals surface area contributed by atoms with Gasteiger partial charge in [0.25, 0.3) is 0 Å². The van der Waals surface area contributed by atoms with Crippen LogP contribution in [0.5, 0.6) is 0 Å². The SMILES string of the molecule is CN/C=C/C(=O)c1cccnc1. The fraction of sp³-hybridized carbons (Fsp3) is 0.111. The normalized spacial score (nSPS) is 10.1. The highest BCUT2D eigenvalue weighted by molar-refractivity contribution is 6.04. The van der Waals surface area contributed by atoms with Gasteiger partial charge in [0.2, 0.25) is 0 Å². The molecule has 62 valence electrons. The molecule has 12 heavy (non-hydrogen) atoms. The van der Waals surface area contributed by atoms with Gasteiger partial charge in [-0.1, -0.05) is 0 Å². The van der Waals surface area contributed by atoms with E-state index in [1.54, 1.807) is 37.8 Å². The van der Waals surface area contributed by atoms with E-state index in [9.17, 15) is 4.79 Å². The van der Waals surface area contributed by atoms with Crippen LogP contribution in [0.2, 0.25) is 0 Å². The number of nitrogens with one attached hydrogen (secondary N) is 1. The van der Waals surface area contributed by atoms with Gasteiger partial charge in [-0.25, -0.2) is 0 Å². The van der Waals surface area contributed by atoms with Crippen molar-refractivity contribution in [1.82, 2.24) is 10.3 Å². The first-order chi connectivity index (χ1) is 5.84. The van der Waals surface area contributed by atoms with E-state index >= 15 is 0 Å². The third-order valence-corrected chi connectivity index (χ3v) is 1.35. The number of hydrogen-bond donors (Lipinski definition) is 1. The van der Waals surface area contributed by atoms with Crippen molar-refractivity contribution in [3.8, 4) is 0 Å². The first kappa shape index (κ1) is 8.46. The summed E-state index contributed by atoms with van der Waals surface area (Å²) in [6, 6.07) is 3.47. The van der Waals surface area contributed by atoms with Crippen LogP contribution in [-0.4, -0.2) is 17.8 Å². The fourth-order valence-corrected chi connectivity index (χ4v) is 0.764. The summed E-state index contributed by atoms with van der Waals surface area (Å²) in [6.07, 6.45) is 6.24. The summed E-state index contributed by atoms with van der Waals surface area (Å²) in [5, 5.41) is 2.75. The van der Waals surface area contributed by atoms with Crippen molar-refractivity contribution in [3.05, 3.63) is 42.4 Å². The summed E-state index contributed by atoms with van der Waals surface area (Å²) in [5.74, 6) is -0.0440. The number of carbonyl (C=O) groups is 1. The molecule has 1 aromatic rings. The van der Waals surface area contributed by atoms with Crippen LogP contribution in [0.1, 0.15) is 10.4 Å².